The van der Waals surface area contributed by atoms with E-state index in [0.717, 1.165) is 23.3 Å². The lowest BCUT2D eigenvalue weighted by molar-refractivity contribution is -0.893. The van der Waals surface area contributed by atoms with Crippen LogP contribution in [-0.4, -0.2) is 35.9 Å². The monoisotopic (exact) mass is 492 g/mol. The average Bonchev–Trinajstić information content (AvgIpc) is 3.01. The number of fused-ring (bicyclic) bond motifs is 2. The number of rotatable bonds is 10. The summed E-state index contributed by atoms with van der Waals surface area (Å²) >= 11 is 0. The van der Waals surface area contributed by atoms with E-state index in [9.17, 15) is 20.1 Å². The van der Waals surface area contributed by atoms with Gasteiger partial charge in [0.15, 0.2) is 0 Å². The van der Waals surface area contributed by atoms with E-state index in [1.54, 1.807) is 0 Å². The van der Waals surface area contributed by atoms with Gasteiger partial charge in [-0.05, 0) is 60.1 Å². The Kier molecular flexibility index (Phi) is 7.99. The molecule has 0 fully saturated rings. The highest BCUT2D eigenvalue weighted by atomic mass is 16.6. The summed E-state index contributed by atoms with van der Waals surface area (Å²) in [5.41, 5.74) is 4.68. The van der Waals surface area contributed by atoms with Gasteiger partial charge in [0.2, 0.25) is 0 Å². The Balaban J connectivity index is 1.37. The zero-order valence-electron chi connectivity index (χ0n) is 20.2. The van der Waals surface area contributed by atoms with Gasteiger partial charge in [-0.2, -0.15) is 0 Å². The number of nitrogens with one attached hydrogen (secondary N) is 1. The van der Waals surface area contributed by atoms with Crippen molar-refractivity contribution in [3.05, 3.63) is 93.2 Å². The number of nitrogens with zero attached hydrogens (tertiary/aromatic N) is 2. The van der Waals surface area contributed by atoms with Gasteiger partial charge in [-0.3, -0.25) is 20.2 Å². The van der Waals surface area contributed by atoms with Crippen molar-refractivity contribution in [2.24, 2.45) is 0 Å². The molecule has 4 rings (SSSR count). The molecule has 1 atom stereocenters. The van der Waals surface area contributed by atoms with Crippen molar-refractivity contribution in [1.82, 2.24) is 0 Å². The Morgan fingerprint density at radius 3 is 2.81 bits per heavy atom. The van der Waals surface area contributed by atoms with Crippen LogP contribution in [0.2, 0.25) is 0 Å². The highest BCUT2D eigenvalue weighted by molar-refractivity contribution is 5.71. The lowest BCUT2D eigenvalue weighted by Gasteiger charge is -2.17. The van der Waals surface area contributed by atoms with E-state index in [-0.39, 0.29) is 23.4 Å². The number of carbonyl (C=O) groups is 1. The average molecular weight is 493 g/mol. The van der Waals surface area contributed by atoms with E-state index in [2.05, 4.69) is 29.6 Å². The third kappa shape index (κ3) is 6.10. The predicted octanol–water partition coefficient (Wildman–Crippen LogP) is 4.18. The lowest BCUT2D eigenvalue weighted by Crippen LogP contribution is -2.34. The predicted molar refractivity (Wildman–Crippen MR) is 132 cm³/mol. The summed E-state index contributed by atoms with van der Waals surface area (Å²) in [6.45, 7) is 3.11. The molecular formula is C27H30N3O6+. The van der Waals surface area contributed by atoms with Crippen LogP contribution >= 0.6 is 0 Å². The van der Waals surface area contributed by atoms with Crippen LogP contribution in [-0.2, 0) is 22.4 Å². The highest BCUT2D eigenvalue weighted by Gasteiger charge is 2.25. The van der Waals surface area contributed by atoms with Crippen LogP contribution in [0.1, 0.15) is 47.9 Å². The van der Waals surface area contributed by atoms with Crippen molar-refractivity contribution >= 4 is 17.5 Å². The standard InChI is InChI=1S/C27H29N3O6/c1-2-35-27(31)17-22-14-19-8-9-24(16-21(19)15-20-6-3-4-7-25(20)22)36-13-5-11-28-26-18-23(30(33)34)10-12-29(26)32/h3-4,6-10,12,16,18,22,32H,2,5,11,13-15,17H2,1H3/p+1. The van der Waals surface area contributed by atoms with Gasteiger partial charge < -0.3 is 14.7 Å². The van der Waals surface area contributed by atoms with Gasteiger partial charge >= 0.3 is 11.8 Å². The molecule has 0 radical (unpaired) electrons. The molecule has 36 heavy (non-hydrogen) atoms. The van der Waals surface area contributed by atoms with E-state index in [1.807, 2.05) is 25.1 Å². The number of esters is 1. The van der Waals surface area contributed by atoms with Crippen LogP contribution in [0.4, 0.5) is 11.5 Å². The number of hydrogen-bond acceptors (Lipinski definition) is 7. The van der Waals surface area contributed by atoms with Crippen LogP contribution in [0.5, 0.6) is 5.75 Å². The first-order chi connectivity index (χ1) is 17.4. The molecule has 1 heterocycles. The number of benzene rings is 2. The van der Waals surface area contributed by atoms with E-state index in [1.165, 1.54) is 40.6 Å². The normalized spacial score (nSPS) is 14.2. The summed E-state index contributed by atoms with van der Waals surface area (Å²) in [5, 5.41) is 23.7. The molecule has 1 unspecified atom stereocenters. The second-order valence-electron chi connectivity index (χ2n) is 8.72. The maximum absolute atomic E-state index is 12.2. The summed E-state index contributed by atoms with van der Waals surface area (Å²) in [7, 11) is 0. The Morgan fingerprint density at radius 2 is 2.00 bits per heavy atom. The fraction of sp³-hybridized carbons (Fsp3) is 0.333. The first-order valence-corrected chi connectivity index (χ1v) is 12.1. The van der Waals surface area contributed by atoms with Crippen LogP contribution in [0.15, 0.2) is 60.8 Å². The largest absolute Gasteiger partial charge is 0.493 e. The van der Waals surface area contributed by atoms with Gasteiger partial charge in [0.05, 0.1) is 37.2 Å². The number of hydrogen-bond donors (Lipinski definition) is 2. The molecule has 2 N–H and O–H groups in total. The minimum Gasteiger partial charge on any atom is -0.493 e. The number of aromatic nitrogens is 1. The fourth-order valence-electron chi connectivity index (χ4n) is 4.54. The molecule has 0 spiro atoms. The summed E-state index contributed by atoms with van der Waals surface area (Å²) in [4.78, 5) is 22.7. The fourth-order valence-corrected chi connectivity index (χ4v) is 4.54. The van der Waals surface area contributed by atoms with Crippen LogP contribution in [0, 0.1) is 10.1 Å². The van der Waals surface area contributed by atoms with Crippen LogP contribution < -0.4 is 14.8 Å². The zero-order chi connectivity index (χ0) is 25.5. The topological polar surface area (TPSA) is 115 Å². The number of anilines is 1. The molecule has 1 aliphatic rings. The highest BCUT2D eigenvalue weighted by Crippen LogP contribution is 2.35. The Bertz CT molecular complexity index is 1250. The Morgan fingerprint density at radius 1 is 1.17 bits per heavy atom. The molecule has 0 aliphatic heterocycles. The van der Waals surface area contributed by atoms with Gasteiger partial charge in [0.25, 0.3) is 5.69 Å². The van der Waals surface area contributed by atoms with Crippen molar-refractivity contribution < 1.29 is 29.1 Å². The van der Waals surface area contributed by atoms with E-state index in [4.69, 9.17) is 9.47 Å². The second-order valence-corrected chi connectivity index (χ2v) is 8.72. The first kappa shape index (κ1) is 25.0. The van der Waals surface area contributed by atoms with E-state index < -0.39 is 4.92 Å². The number of carbonyl (C=O) groups excluding carboxylic acids is 1. The van der Waals surface area contributed by atoms with Gasteiger partial charge in [0.1, 0.15) is 18.0 Å². The third-order valence-electron chi connectivity index (χ3n) is 6.26. The van der Waals surface area contributed by atoms with Crippen LogP contribution in [0.25, 0.3) is 0 Å². The molecule has 188 valence electrons. The van der Waals surface area contributed by atoms with Gasteiger partial charge in [-0.1, -0.05) is 35.1 Å². The number of pyridine rings is 1. The SMILES string of the molecule is CCOC(=O)CC1Cc2ccc(OCCCNc3cc([N+](=O)[O-])cc[n+]3O)cc2Cc2ccccc21. The molecular weight excluding hydrogens is 462 g/mol. The summed E-state index contributed by atoms with van der Waals surface area (Å²) < 4.78 is 12.0. The Hall–Kier alpha value is -4.14. The summed E-state index contributed by atoms with van der Waals surface area (Å²) in [5.74, 6) is 0.904. The molecule has 0 amide bonds. The number of nitro groups is 1. The van der Waals surface area contributed by atoms with Gasteiger partial charge in [-0.25, -0.2) is 0 Å². The molecule has 0 saturated carbocycles. The van der Waals surface area contributed by atoms with Crippen molar-refractivity contribution in [2.45, 2.75) is 38.5 Å². The molecule has 0 bridgehead atoms. The van der Waals surface area contributed by atoms with E-state index in [0.29, 0.717) is 32.6 Å². The maximum Gasteiger partial charge on any atom is 0.320 e. The molecule has 9 heteroatoms. The third-order valence-corrected chi connectivity index (χ3v) is 6.26. The minimum absolute atomic E-state index is 0.0717. The first-order valence-electron chi connectivity index (χ1n) is 12.1. The smallest absolute Gasteiger partial charge is 0.320 e. The quantitative estimate of drug-likeness (QED) is 0.109. The molecule has 1 aliphatic carbocycles. The zero-order valence-corrected chi connectivity index (χ0v) is 20.2. The van der Waals surface area contributed by atoms with Crippen molar-refractivity contribution in [3.8, 4) is 5.75 Å². The van der Waals surface area contributed by atoms with Crippen molar-refractivity contribution in [1.29, 1.82) is 0 Å². The summed E-state index contributed by atoms with van der Waals surface area (Å²) in [6.07, 6.45) is 3.74. The lowest BCUT2D eigenvalue weighted by atomic mass is 9.89. The molecule has 9 nitrogen and oxygen atoms in total. The summed E-state index contributed by atoms with van der Waals surface area (Å²) in [6, 6.07) is 16.9. The van der Waals surface area contributed by atoms with Gasteiger partial charge in [-0.15, -0.1) is 0 Å². The molecule has 3 aromatic rings. The number of ether oxygens (including phenoxy) is 2. The van der Waals surface area contributed by atoms with Crippen molar-refractivity contribution in [3.63, 3.8) is 0 Å². The van der Waals surface area contributed by atoms with Crippen molar-refractivity contribution in [2.75, 3.05) is 25.1 Å². The maximum atomic E-state index is 12.2. The van der Waals surface area contributed by atoms with Gasteiger partial charge in [0, 0.05) is 6.42 Å². The Labute approximate surface area is 209 Å². The molecule has 0 saturated heterocycles. The van der Waals surface area contributed by atoms with E-state index >= 15 is 0 Å². The molecule has 2 aromatic carbocycles. The van der Waals surface area contributed by atoms with Crippen LogP contribution in [0.3, 0.4) is 0 Å². The molecule has 1 aromatic heterocycles. The minimum atomic E-state index is -0.510. The second kappa shape index (κ2) is 11.5.